The van der Waals surface area contributed by atoms with E-state index in [0.29, 0.717) is 47.9 Å². The van der Waals surface area contributed by atoms with Gasteiger partial charge in [-0.05, 0) is 55.8 Å². The number of allylic oxidation sites excluding steroid dienone is 1. The number of methoxy groups -OCH3 is 2. The summed E-state index contributed by atoms with van der Waals surface area (Å²) < 4.78 is 24.6. The molecule has 5 rings (SSSR count). The number of carbonyl (C=O) groups excluding carboxylic acids is 1. The number of rotatable bonds is 9. The first-order valence-electron chi connectivity index (χ1n) is 13.3. The second-order valence-electron chi connectivity index (χ2n) is 9.48. The van der Waals surface area contributed by atoms with Gasteiger partial charge in [-0.1, -0.05) is 64.9 Å². The monoisotopic (exact) mass is 638 g/mol. The molecule has 0 bridgehead atoms. The van der Waals surface area contributed by atoms with Gasteiger partial charge in [0, 0.05) is 21.2 Å². The van der Waals surface area contributed by atoms with Gasteiger partial charge in [0.15, 0.2) is 16.3 Å². The van der Waals surface area contributed by atoms with Crippen LogP contribution in [-0.4, -0.2) is 31.4 Å². The van der Waals surface area contributed by atoms with Gasteiger partial charge < -0.3 is 18.9 Å². The van der Waals surface area contributed by atoms with Gasteiger partial charge >= 0.3 is 5.97 Å². The Morgan fingerprint density at radius 1 is 1.02 bits per heavy atom. The Bertz CT molecular complexity index is 1910. The largest absolute Gasteiger partial charge is 0.496 e. The maximum Gasteiger partial charge on any atom is 0.338 e. The molecule has 1 unspecified atom stereocenters. The number of benzene rings is 3. The molecule has 43 heavy (non-hydrogen) atoms. The van der Waals surface area contributed by atoms with E-state index in [1.54, 1.807) is 63.4 Å². The van der Waals surface area contributed by atoms with Gasteiger partial charge in [-0.25, -0.2) is 9.79 Å². The zero-order chi connectivity index (χ0) is 30.7. The number of carbonyl (C=O) groups is 1. The van der Waals surface area contributed by atoms with Crippen LogP contribution in [0.25, 0.3) is 6.08 Å². The zero-order valence-electron chi connectivity index (χ0n) is 23.9. The Balaban J connectivity index is 1.61. The summed E-state index contributed by atoms with van der Waals surface area (Å²) in [5.41, 5.74) is 2.55. The minimum absolute atomic E-state index is 0.171. The number of thiazole rings is 1. The van der Waals surface area contributed by atoms with Crippen LogP contribution in [0.15, 0.2) is 81.7 Å². The molecule has 222 valence electrons. The van der Waals surface area contributed by atoms with Crippen molar-refractivity contribution in [2.45, 2.75) is 26.5 Å². The third kappa shape index (κ3) is 6.20. The highest BCUT2D eigenvalue weighted by Crippen LogP contribution is 2.37. The molecule has 0 aliphatic carbocycles. The van der Waals surface area contributed by atoms with Crippen LogP contribution >= 0.6 is 34.5 Å². The van der Waals surface area contributed by atoms with Crippen LogP contribution in [-0.2, 0) is 16.1 Å². The molecule has 1 aromatic heterocycles. The lowest BCUT2D eigenvalue weighted by molar-refractivity contribution is -0.139. The van der Waals surface area contributed by atoms with E-state index in [1.165, 1.54) is 23.0 Å². The van der Waals surface area contributed by atoms with Crippen molar-refractivity contribution in [3.8, 4) is 17.2 Å². The molecule has 11 heteroatoms. The van der Waals surface area contributed by atoms with E-state index in [9.17, 15) is 9.59 Å². The van der Waals surface area contributed by atoms with Crippen LogP contribution in [0, 0.1) is 0 Å². The predicted molar refractivity (Wildman–Crippen MR) is 167 cm³/mol. The number of aromatic nitrogens is 1. The Kier molecular flexibility index (Phi) is 9.25. The first-order chi connectivity index (χ1) is 20.7. The number of fused-ring (bicyclic) bond motifs is 1. The summed E-state index contributed by atoms with van der Waals surface area (Å²) in [5.74, 6) is 0.953. The molecule has 0 saturated heterocycles. The summed E-state index contributed by atoms with van der Waals surface area (Å²) in [6, 6.07) is 17.1. The summed E-state index contributed by atoms with van der Waals surface area (Å²) in [6.07, 6.45) is 1.77. The van der Waals surface area contributed by atoms with E-state index in [-0.39, 0.29) is 24.3 Å². The van der Waals surface area contributed by atoms with Gasteiger partial charge in [0.25, 0.3) is 5.56 Å². The van der Waals surface area contributed by atoms with Crippen LogP contribution in [0.4, 0.5) is 0 Å². The molecular weight excluding hydrogens is 611 g/mol. The predicted octanol–water partition coefficient (Wildman–Crippen LogP) is 5.70. The Morgan fingerprint density at radius 3 is 2.51 bits per heavy atom. The number of nitrogens with zero attached hydrogens (tertiary/aromatic N) is 2. The Hall–Kier alpha value is -4.05. The fourth-order valence-corrected chi connectivity index (χ4v) is 6.30. The summed E-state index contributed by atoms with van der Waals surface area (Å²) in [7, 11) is 3.10. The third-order valence-corrected chi connectivity index (χ3v) is 8.41. The normalized spacial score (nSPS) is 14.7. The number of hydrogen-bond acceptors (Lipinski definition) is 8. The van der Waals surface area contributed by atoms with Crippen LogP contribution in [0.5, 0.6) is 17.2 Å². The van der Waals surface area contributed by atoms with Crippen molar-refractivity contribution in [1.29, 1.82) is 0 Å². The number of para-hydroxylation sites is 1. The first kappa shape index (κ1) is 30.4. The molecule has 0 saturated carbocycles. The van der Waals surface area contributed by atoms with Crippen LogP contribution in [0.2, 0.25) is 10.0 Å². The van der Waals surface area contributed by atoms with Crippen LogP contribution in [0.1, 0.15) is 36.6 Å². The summed E-state index contributed by atoms with van der Waals surface area (Å²) in [4.78, 5) is 32.3. The van der Waals surface area contributed by atoms with Gasteiger partial charge in [-0.15, -0.1) is 0 Å². The molecule has 0 radical (unpaired) electrons. The lowest BCUT2D eigenvalue weighted by Gasteiger charge is -2.25. The number of ether oxygens (including phenoxy) is 4. The Morgan fingerprint density at radius 2 is 1.79 bits per heavy atom. The van der Waals surface area contributed by atoms with E-state index in [0.717, 1.165) is 11.1 Å². The van der Waals surface area contributed by atoms with Crippen molar-refractivity contribution in [3.05, 3.63) is 118 Å². The lowest BCUT2D eigenvalue weighted by Crippen LogP contribution is -2.40. The van der Waals surface area contributed by atoms with Crippen molar-refractivity contribution in [2.24, 2.45) is 4.99 Å². The van der Waals surface area contributed by atoms with Crippen molar-refractivity contribution >= 4 is 46.6 Å². The molecule has 1 atom stereocenters. The maximum atomic E-state index is 14.0. The average molecular weight is 640 g/mol. The van der Waals surface area contributed by atoms with Gasteiger partial charge in [0.1, 0.15) is 12.4 Å². The second-order valence-corrected chi connectivity index (χ2v) is 11.3. The fourth-order valence-electron chi connectivity index (χ4n) is 4.80. The van der Waals surface area contributed by atoms with Gasteiger partial charge in [0.05, 0.1) is 42.7 Å². The van der Waals surface area contributed by atoms with Crippen molar-refractivity contribution in [3.63, 3.8) is 0 Å². The molecule has 1 aliphatic rings. The minimum atomic E-state index is -0.816. The highest BCUT2D eigenvalue weighted by atomic mass is 35.5. The van der Waals surface area contributed by atoms with E-state index in [2.05, 4.69) is 4.99 Å². The number of halogens is 2. The summed E-state index contributed by atoms with van der Waals surface area (Å²) >= 11 is 13.6. The van der Waals surface area contributed by atoms with Gasteiger partial charge in [0.2, 0.25) is 0 Å². The Labute approximate surface area is 262 Å². The van der Waals surface area contributed by atoms with E-state index in [4.69, 9.17) is 42.1 Å². The quantitative estimate of drug-likeness (QED) is 0.219. The zero-order valence-corrected chi connectivity index (χ0v) is 26.2. The highest BCUT2D eigenvalue weighted by Gasteiger charge is 2.34. The third-order valence-electron chi connectivity index (χ3n) is 6.84. The number of hydrogen-bond donors (Lipinski definition) is 0. The first-order valence-corrected chi connectivity index (χ1v) is 14.9. The number of esters is 1. The topological polar surface area (TPSA) is 88.4 Å². The standard InChI is InChI=1S/C32H28Cl2N2O6S/c1-5-41-31(38)28-18(2)35-32-36(30(37)27(43-32)15-19-8-6-7-9-24(19)39-3)29(28)20-11-13-25(26(14-20)40-4)42-17-21-10-12-22(33)16-23(21)34/h6-16,29H,5,17H2,1-4H3. The minimum Gasteiger partial charge on any atom is -0.496 e. The van der Waals surface area contributed by atoms with E-state index >= 15 is 0 Å². The molecule has 0 amide bonds. The van der Waals surface area contributed by atoms with E-state index in [1.807, 2.05) is 24.3 Å². The summed E-state index contributed by atoms with van der Waals surface area (Å²) in [5, 5.41) is 1.01. The lowest BCUT2D eigenvalue weighted by atomic mass is 9.95. The van der Waals surface area contributed by atoms with Crippen molar-refractivity contribution < 1.29 is 23.7 Å². The molecule has 3 aromatic carbocycles. The van der Waals surface area contributed by atoms with Crippen LogP contribution < -0.4 is 29.1 Å². The van der Waals surface area contributed by atoms with Gasteiger partial charge in [-0.3, -0.25) is 9.36 Å². The fraction of sp³-hybridized carbons (Fsp3) is 0.219. The molecule has 4 aromatic rings. The second kappa shape index (κ2) is 13.1. The summed E-state index contributed by atoms with van der Waals surface area (Å²) in [6.45, 7) is 3.82. The van der Waals surface area contributed by atoms with Gasteiger partial charge in [-0.2, -0.15) is 0 Å². The van der Waals surface area contributed by atoms with Crippen molar-refractivity contribution in [2.75, 3.05) is 20.8 Å². The average Bonchev–Trinajstić information content (AvgIpc) is 3.30. The molecule has 1 aliphatic heterocycles. The van der Waals surface area contributed by atoms with Crippen LogP contribution in [0.3, 0.4) is 0 Å². The molecular formula is C32H28Cl2N2O6S. The molecule has 0 spiro atoms. The highest BCUT2D eigenvalue weighted by molar-refractivity contribution is 7.07. The maximum absolute atomic E-state index is 14.0. The molecule has 8 nitrogen and oxygen atoms in total. The van der Waals surface area contributed by atoms with E-state index < -0.39 is 12.0 Å². The molecule has 0 N–H and O–H groups in total. The molecule has 2 heterocycles. The SMILES string of the molecule is CCOC(=O)C1=C(C)N=c2sc(=Cc3ccccc3OC)c(=O)n2C1c1ccc(OCc2ccc(Cl)cc2Cl)c(OC)c1. The van der Waals surface area contributed by atoms with Crippen molar-refractivity contribution in [1.82, 2.24) is 4.57 Å². The smallest absolute Gasteiger partial charge is 0.338 e. The molecule has 0 fully saturated rings.